The first-order valence-corrected chi connectivity index (χ1v) is 12.6. The van der Waals surface area contributed by atoms with Crippen LogP contribution in [0, 0.1) is 11.6 Å². The monoisotopic (exact) mass is 556 g/mol. The molecular weight excluding hydrogens is 530 g/mol. The molecular formula is C29H27ClF2N2O5. The van der Waals surface area contributed by atoms with Crippen molar-refractivity contribution in [1.29, 1.82) is 0 Å². The van der Waals surface area contributed by atoms with E-state index < -0.39 is 35.1 Å². The molecule has 3 aromatic carbocycles. The van der Waals surface area contributed by atoms with Crippen molar-refractivity contribution in [3.63, 3.8) is 0 Å². The summed E-state index contributed by atoms with van der Waals surface area (Å²) in [5.74, 6) is -4.27. The predicted octanol–water partition coefficient (Wildman–Crippen LogP) is 6.11. The van der Waals surface area contributed by atoms with E-state index in [1.54, 1.807) is 12.1 Å². The lowest BCUT2D eigenvalue weighted by molar-refractivity contribution is -0.132. The first-order chi connectivity index (χ1) is 18.7. The molecule has 0 radical (unpaired) electrons. The number of nitrogens with zero attached hydrogens (tertiary/aromatic N) is 2. The Labute approximate surface area is 229 Å². The zero-order valence-corrected chi connectivity index (χ0v) is 22.6. The lowest BCUT2D eigenvalue weighted by Gasteiger charge is -2.27. The molecule has 10 heteroatoms. The Morgan fingerprint density at radius 3 is 2.18 bits per heavy atom. The molecule has 1 saturated heterocycles. The molecule has 0 aliphatic carbocycles. The minimum atomic E-state index is -1.23. The van der Waals surface area contributed by atoms with Crippen molar-refractivity contribution in [1.82, 2.24) is 0 Å². The Bertz CT molecular complexity index is 1450. The molecule has 1 amide bonds. The molecule has 1 heterocycles. The molecule has 4 rings (SSSR count). The van der Waals surface area contributed by atoms with Crippen LogP contribution >= 0.6 is 11.6 Å². The van der Waals surface area contributed by atoms with Gasteiger partial charge in [0.1, 0.15) is 28.9 Å². The number of methoxy groups -OCH3 is 2. The SMILES string of the molecule is CCN(CC)c1ccc(C2/C(=C(\O)c3cc(OC)c(Cl)cc3OC)C(=O)C(=O)N2c2ccc(F)cc2F)cc1. The highest BCUT2D eigenvalue weighted by Gasteiger charge is 2.48. The first kappa shape index (κ1) is 27.9. The van der Waals surface area contributed by atoms with E-state index in [0.717, 1.165) is 35.8 Å². The molecule has 0 bridgehead atoms. The van der Waals surface area contributed by atoms with Gasteiger partial charge < -0.3 is 19.5 Å². The molecule has 1 aliphatic heterocycles. The first-order valence-electron chi connectivity index (χ1n) is 12.2. The summed E-state index contributed by atoms with van der Waals surface area (Å²) in [4.78, 5) is 29.8. The molecule has 7 nitrogen and oxygen atoms in total. The van der Waals surface area contributed by atoms with E-state index in [4.69, 9.17) is 21.1 Å². The van der Waals surface area contributed by atoms with Crippen LogP contribution in [0.3, 0.4) is 0 Å². The van der Waals surface area contributed by atoms with E-state index >= 15 is 0 Å². The van der Waals surface area contributed by atoms with Crippen LogP contribution < -0.4 is 19.3 Å². The van der Waals surface area contributed by atoms with Crippen molar-refractivity contribution in [3.8, 4) is 11.5 Å². The van der Waals surface area contributed by atoms with Crippen LogP contribution in [0.5, 0.6) is 11.5 Å². The van der Waals surface area contributed by atoms with Gasteiger partial charge in [-0.3, -0.25) is 14.5 Å². The highest BCUT2D eigenvalue weighted by molar-refractivity contribution is 6.51. The molecule has 3 aromatic rings. The van der Waals surface area contributed by atoms with Crippen molar-refractivity contribution in [2.45, 2.75) is 19.9 Å². The maximum atomic E-state index is 15.0. The van der Waals surface area contributed by atoms with Crippen LogP contribution in [0.4, 0.5) is 20.2 Å². The molecule has 0 aromatic heterocycles. The van der Waals surface area contributed by atoms with E-state index in [9.17, 15) is 23.5 Å². The number of amides is 1. The molecule has 0 saturated carbocycles. The average molecular weight is 557 g/mol. The maximum absolute atomic E-state index is 15.0. The zero-order valence-electron chi connectivity index (χ0n) is 21.8. The number of aliphatic hydroxyl groups excluding tert-OH is 1. The van der Waals surface area contributed by atoms with E-state index in [1.807, 2.05) is 26.0 Å². The van der Waals surface area contributed by atoms with Crippen LogP contribution in [0.15, 0.2) is 60.2 Å². The fourth-order valence-electron chi connectivity index (χ4n) is 4.72. The second-order valence-electron chi connectivity index (χ2n) is 8.72. The molecule has 0 spiro atoms. The average Bonchev–Trinajstić information content (AvgIpc) is 3.19. The summed E-state index contributed by atoms with van der Waals surface area (Å²) in [6.45, 7) is 5.54. The van der Waals surface area contributed by atoms with E-state index in [-0.39, 0.29) is 33.3 Å². The van der Waals surface area contributed by atoms with Gasteiger partial charge in [0.15, 0.2) is 0 Å². The van der Waals surface area contributed by atoms with Gasteiger partial charge in [0.05, 0.1) is 42.1 Å². The standard InChI is InChI=1S/C29H27ClF2N2O5/c1-5-33(6-2)18-10-7-16(8-11-18)26-25(27(35)19-14-24(39-4)20(30)15-23(19)38-3)28(36)29(37)34(26)22-12-9-17(31)13-21(22)32/h7-15,26,35H,5-6H2,1-4H3/b27-25+. The van der Waals surface area contributed by atoms with E-state index in [0.29, 0.717) is 11.6 Å². The molecule has 39 heavy (non-hydrogen) atoms. The molecule has 1 aliphatic rings. The lowest BCUT2D eigenvalue weighted by atomic mass is 9.94. The van der Waals surface area contributed by atoms with Crippen LogP contribution in [-0.2, 0) is 9.59 Å². The maximum Gasteiger partial charge on any atom is 0.300 e. The number of halogens is 3. The third-order valence-corrected chi connectivity index (χ3v) is 6.98. The Morgan fingerprint density at radius 1 is 0.974 bits per heavy atom. The van der Waals surface area contributed by atoms with Gasteiger partial charge in [-0.05, 0) is 49.7 Å². The fraction of sp³-hybridized carbons (Fsp3) is 0.241. The number of benzene rings is 3. The van der Waals surface area contributed by atoms with Gasteiger partial charge in [-0.15, -0.1) is 0 Å². The Balaban J connectivity index is 1.98. The number of carbonyl (C=O) groups is 2. The number of rotatable bonds is 8. The van der Waals surface area contributed by atoms with Crippen molar-refractivity contribution in [3.05, 3.63) is 88.0 Å². The number of carbonyl (C=O) groups excluding carboxylic acids is 2. The number of ether oxygens (including phenoxy) is 2. The van der Waals surface area contributed by atoms with Gasteiger partial charge in [0.2, 0.25) is 0 Å². The summed E-state index contributed by atoms with van der Waals surface area (Å²) in [6.07, 6.45) is 0. The number of Topliss-reactive ketones (excluding diaryl/α,β-unsaturated/α-hetero) is 1. The van der Waals surface area contributed by atoms with Crippen molar-refractivity contribution in [2.75, 3.05) is 37.1 Å². The minimum Gasteiger partial charge on any atom is -0.507 e. The predicted molar refractivity (Wildman–Crippen MR) is 146 cm³/mol. The van der Waals surface area contributed by atoms with Crippen LogP contribution in [0.25, 0.3) is 5.76 Å². The molecule has 1 atom stereocenters. The quantitative estimate of drug-likeness (QED) is 0.205. The molecule has 1 unspecified atom stereocenters. The Morgan fingerprint density at radius 2 is 1.62 bits per heavy atom. The molecule has 204 valence electrons. The molecule has 1 N–H and O–H groups in total. The number of hydrogen-bond acceptors (Lipinski definition) is 6. The zero-order chi connectivity index (χ0) is 28.4. The Kier molecular flexibility index (Phi) is 8.11. The summed E-state index contributed by atoms with van der Waals surface area (Å²) in [5, 5.41) is 11.7. The smallest absolute Gasteiger partial charge is 0.300 e. The summed E-state index contributed by atoms with van der Waals surface area (Å²) >= 11 is 6.21. The molecule has 1 fully saturated rings. The fourth-order valence-corrected chi connectivity index (χ4v) is 4.95. The van der Waals surface area contributed by atoms with Crippen LogP contribution in [-0.4, -0.2) is 44.1 Å². The van der Waals surface area contributed by atoms with Crippen LogP contribution in [0.2, 0.25) is 5.02 Å². The Hall–Kier alpha value is -4.11. The van der Waals surface area contributed by atoms with E-state index in [2.05, 4.69) is 4.90 Å². The minimum absolute atomic E-state index is 0.0427. The highest BCUT2D eigenvalue weighted by Crippen LogP contribution is 2.45. The van der Waals surface area contributed by atoms with Gasteiger partial charge >= 0.3 is 0 Å². The summed E-state index contributed by atoms with van der Waals surface area (Å²) < 4.78 is 39.3. The number of anilines is 2. The lowest BCUT2D eigenvalue weighted by Crippen LogP contribution is -2.30. The number of aliphatic hydroxyl groups is 1. The largest absolute Gasteiger partial charge is 0.507 e. The van der Waals surface area contributed by atoms with Crippen molar-refractivity contribution < 1.29 is 33.0 Å². The van der Waals surface area contributed by atoms with Gasteiger partial charge in [-0.2, -0.15) is 0 Å². The van der Waals surface area contributed by atoms with Gasteiger partial charge in [-0.1, -0.05) is 23.7 Å². The van der Waals surface area contributed by atoms with E-state index in [1.165, 1.54) is 26.4 Å². The summed E-state index contributed by atoms with van der Waals surface area (Å²) in [5.41, 5.74) is 0.757. The number of ketones is 1. The summed E-state index contributed by atoms with van der Waals surface area (Å²) in [6, 6.07) is 11.3. The normalized spacial score (nSPS) is 16.5. The van der Waals surface area contributed by atoms with Crippen LogP contribution in [0.1, 0.15) is 31.0 Å². The second kappa shape index (κ2) is 11.3. The second-order valence-corrected chi connectivity index (χ2v) is 9.12. The van der Waals surface area contributed by atoms with Crippen molar-refractivity contribution in [2.24, 2.45) is 0 Å². The highest BCUT2D eigenvalue weighted by atomic mass is 35.5. The van der Waals surface area contributed by atoms with Crippen molar-refractivity contribution >= 4 is 40.4 Å². The third kappa shape index (κ3) is 5.02. The summed E-state index contributed by atoms with van der Waals surface area (Å²) in [7, 11) is 2.73. The number of hydrogen-bond donors (Lipinski definition) is 1. The van der Waals surface area contributed by atoms with Gasteiger partial charge in [0.25, 0.3) is 11.7 Å². The topological polar surface area (TPSA) is 79.3 Å². The third-order valence-electron chi connectivity index (χ3n) is 6.68. The van der Waals surface area contributed by atoms with Gasteiger partial charge in [0, 0.05) is 30.9 Å². The van der Waals surface area contributed by atoms with Gasteiger partial charge in [-0.25, -0.2) is 8.78 Å².